The number of ether oxygens (including phenoxy) is 1. The SMILES string of the molecule is CCOc1cccc(C=C2SC(=O)NC2=O)c1N1CC[C@H](N)C1. The maximum Gasteiger partial charge on any atom is 0.290 e. The van der Waals surface area contributed by atoms with Gasteiger partial charge in [0.25, 0.3) is 11.1 Å². The van der Waals surface area contributed by atoms with Crippen molar-refractivity contribution in [2.75, 3.05) is 24.6 Å². The molecule has 7 heteroatoms. The Bertz CT molecular complexity index is 675. The van der Waals surface area contributed by atoms with E-state index in [-0.39, 0.29) is 17.2 Å². The highest BCUT2D eigenvalue weighted by molar-refractivity contribution is 8.18. The number of anilines is 1. The molecule has 0 spiro atoms. The van der Waals surface area contributed by atoms with Crippen molar-refractivity contribution in [1.29, 1.82) is 0 Å². The minimum absolute atomic E-state index is 0.135. The Labute approximate surface area is 139 Å². The Kier molecular flexibility index (Phi) is 4.58. The van der Waals surface area contributed by atoms with Gasteiger partial charge in [0.1, 0.15) is 5.75 Å². The molecule has 1 aromatic rings. The summed E-state index contributed by atoms with van der Waals surface area (Å²) < 4.78 is 5.75. The van der Waals surface area contributed by atoms with E-state index in [9.17, 15) is 9.59 Å². The number of rotatable bonds is 4. The summed E-state index contributed by atoms with van der Waals surface area (Å²) in [4.78, 5) is 25.7. The Hall–Kier alpha value is -1.99. The number of carbonyl (C=O) groups is 2. The molecule has 2 aliphatic rings. The zero-order chi connectivity index (χ0) is 16.4. The number of hydrogen-bond donors (Lipinski definition) is 2. The molecular formula is C16H19N3O3S. The highest BCUT2D eigenvalue weighted by Gasteiger charge is 2.28. The number of nitrogens with two attached hydrogens (primary N) is 1. The van der Waals surface area contributed by atoms with Gasteiger partial charge in [0.2, 0.25) is 0 Å². The average Bonchev–Trinajstić information content (AvgIpc) is 3.06. The van der Waals surface area contributed by atoms with Crippen molar-refractivity contribution in [3.8, 4) is 5.75 Å². The van der Waals surface area contributed by atoms with Gasteiger partial charge in [0.05, 0.1) is 17.2 Å². The number of carbonyl (C=O) groups excluding carboxylic acids is 2. The Morgan fingerprint density at radius 2 is 2.30 bits per heavy atom. The van der Waals surface area contributed by atoms with Crippen LogP contribution in [0.15, 0.2) is 23.1 Å². The Balaban J connectivity index is 2.02. The van der Waals surface area contributed by atoms with E-state index in [4.69, 9.17) is 10.5 Å². The number of imide groups is 1. The van der Waals surface area contributed by atoms with Crippen molar-refractivity contribution < 1.29 is 14.3 Å². The van der Waals surface area contributed by atoms with Gasteiger partial charge in [0, 0.05) is 24.7 Å². The maximum absolute atomic E-state index is 11.8. The van der Waals surface area contributed by atoms with Crippen LogP contribution in [-0.2, 0) is 4.79 Å². The van der Waals surface area contributed by atoms with Crippen molar-refractivity contribution in [2.45, 2.75) is 19.4 Å². The lowest BCUT2D eigenvalue weighted by molar-refractivity contribution is -0.115. The topological polar surface area (TPSA) is 84.7 Å². The highest BCUT2D eigenvalue weighted by atomic mass is 32.2. The average molecular weight is 333 g/mol. The Morgan fingerprint density at radius 1 is 1.48 bits per heavy atom. The van der Waals surface area contributed by atoms with Crippen molar-refractivity contribution in [2.24, 2.45) is 5.73 Å². The normalized spacial score (nSPS) is 22.8. The van der Waals surface area contributed by atoms with E-state index in [1.165, 1.54) is 0 Å². The van der Waals surface area contributed by atoms with Gasteiger partial charge in [-0.25, -0.2) is 0 Å². The van der Waals surface area contributed by atoms with Crippen LogP contribution < -0.4 is 20.7 Å². The van der Waals surface area contributed by atoms with Crippen molar-refractivity contribution >= 4 is 34.7 Å². The molecule has 0 saturated carbocycles. The minimum atomic E-state index is -0.356. The van der Waals surface area contributed by atoms with Gasteiger partial charge < -0.3 is 15.4 Å². The molecule has 2 fully saturated rings. The number of nitrogens with one attached hydrogen (secondary N) is 1. The van der Waals surface area contributed by atoms with E-state index in [0.29, 0.717) is 11.5 Å². The summed E-state index contributed by atoms with van der Waals surface area (Å²) in [5.41, 5.74) is 7.82. The summed E-state index contributed by atoms with van der Waals surface area (Å²) in [5.74, 6) is 0.413. The molecular weight excluding hydrogens is 314 g/mol. The third-order valence-corrected chi connectivity index (χ3v) is 4.61. The molecule has 122 valence electrons. The molecule has 0 bridgehead atoms. The lowest BCUT2D eigenvalue weighted by Gasteiger charge is -2.24. The zero-order valence-corrected chi connectivity index (χ0v) is 13.7. The van der Waals surface area contributed by atoms with E-state index in [1.807, 2.05) is 25.1 Å². The van der Waals surface area contributed by atoms with Crippen LogP contribution in [0.3, 0.4) is 0 Å². The van der Waals surface area contributed by atoms with Crippen LogP contribution in [0.25, 0.3) is 6.08 Å². The number of hydrogen-bond acceptors (Lipinski definition) is 6. The first-order valence-corrected chi connectivity index (χ1v) is 8.41. The Morgan fingerprint density at radius 3 is 2.91 bits per heavy atom. The fourth-order valence-electron chi connectivity index (χ4n) is 2.82. The summed E-state index contributed by atoms with van der Waals surface area (Å²) >= 11 is 0.917. The molecule has 3 N–H and O–H groups in total. The van der Waals surface area contributed by atoms with Gasteiger partial charge in [0.15, 0.2) is 0 Å². The van der Waals surface area contributed by atoms with Crippen LogP contribution >= 0.6 is 11.8 Å². The quantitative estimate of drug-likeness (QED) is 0.819. The van der Waals surface area contributed by atoms with Gasteiger partial charge in [-0.3, -0.25) is 14.9 Å². The van der Waals surface area contributed by atoms with Crippen LogP contribution in [0.1, 0.15) is 18.9 Å². The summed E-state index contributed by atoms with van der Waals surface area (Å²) in [7, 11) is 0. The van der Waals surface area contributed by atoms with Gasteiger partial charge in [-0.2, -0.15) is 0 Å². The first-order valence-electron chi connectivity index (χ1n) is 7.59. The maximum atomic E-state index is 11.8. The smallest absolute Gasteiger partial charge is 0.290 e. The first-order chi connectivity index (χ1) is 11.1. The van der Waals surface area contributed by atoms with Gasteiger partial charge in [-0.15, -0.1) is 0 Å². The summed E-state index contributed by atoms with van der Waals surface area (Å²) in [5, 5.41) is 1.93. The van der Waals surface area contributed by atoms with Crippen LogP contribution in [0.4, 0.5) is 10.5 Å². The number of nitrogens with zero attached hydrogens (tertiary/aromatic N) is 1. The standard InChI is InChI=1S/C16H19N3O3S/c1-2-22-12-5-3-4-10(8-13-15(20)18-16(21)23-13)14(12)19-7-6-11(17)9-19/h3-5,8,11H,2,6-7,9,17H2,1H3,(H,18,20,21)/t11-/m0/s1. The lowest BCUT2D eigenvalue weighted by atomic mass is 10.1. The van der Waals surface area contributed by atoms with E-state index in [1.54, 1.807) is 6.08 Å². The third-order valence-electron chi connectivity index (χ3n) is 3.80. The molecule has 1 aromatic carbocycles. The van der Waals surface area contributed by atoms with Crippen molar-refractivity contribution in [1.82, 2.24) is 5.32 Å². The minimum Gasteiger partial charge on any atom is -0.492 e. The predicted molar refractivity (Wildman–Crippen MR) is 91.5 cm³/mol. The monoisotopic (exact) mass is 333 g/mol. The molecule has 2 aliphatic heterocycles. The number of thioether (sulfide) groups is 1. The molecule has 1 atom stereocenters. The fourth-order valence-corrected chi connectivity index (χ4v) is 3.49. The molecule has 6 nitrogen and oxygen atoms in total. The first kappa shape index (κ1) is 15.9. The summed E-state index contributed by atoms with van der Waals surface area (Å²) in [6, 6.07) is 5.86. The highest BCUT2D eigenvalue weighted by Crippen LogP contribution is 2.37. The molecule has 2 heterocycles. The van der Waals surface area contributed by atoms with Gasteiger partial charge in [-0.05, 0) is 37.2 Å². The van der Waals surface area contributed by atoms with E-state index < -0.39 is 0 Å². The van der Waals surface area contributed by atoms with Crippen LogP contribution in [0.5, 0.6) is 5.75 Å². The molecule has 3 rings (SSSR count). The molecule has 0 radical (unpaired) electrons. The fraction of sp³-hybridized carbons (Fsp3) is 0.375. The molecule has 2 amide bonds. The molecule has 2 saturated heterocycles. The number of amides is 2. The van der Waals surface area contributed by atoms with Gasteiger partial charge in [-0.1, -0.05) is 12.1 Å². The van der Waals surface area contributed by atoms with E-state index >= 15 is 0 Å². The second-order valence-electron chi connectivity index (χ2n) is 5.47. The zero-order valence-electron chi connectivity index (χ0n) is 12.9. The molecule has 23 heavy (non-hydrogen) atoms. The molecule has 0 unspecified atom stereocenters. The molecule has 0 aromatic heterocycles. The van der Waals surface area contributed by atoms with E-state index in [2.05, 4.69) is 10.2 Å². The van der Waals surface area contributed by atoms with Crippen molar-refractivity contribution in [3.63, 3.8) is 0 Å². The van der Waals surface area contributed by atoms with Crippen LogP contribution in [0.2, 0.25) is 0 Å². The second kappa shape index (κ2) is 6.64. The van der Waals surface area contributed by atoms with Crippen molar-refractivity contribution in [3.05, 3.63) is 28.7 Å². The number of para-hydroxylation sites is 1. The summed E-state index contributed by atoms with van der Waals surface area (Å²) in [6.45, 7) is 4.09. The van der Waals surface area contributed by atoms with E-state index in [0.717, 1.165) is 48.3 Å². The third kappa shape index (κ3) is 3.35. The predicted octanol–water partition coefficient (Wildman–Crippen LogP) is 1.95. The van der Waals surface area contributed by atoms with Gasteiger partial charge >= 0.3 is 0 Å². The number of benzene rings is 1. The largest absolute Gasteiger partial charge is 0.492 e. The van der Waals surface area contributed by atoms with Crippen LogP contribution in [0, 0.1) is 0 Å². The molecule has 0 aliphatic carbocycles. The van der Waals surface area contributed by atoms with Crippen LogP contribution in [-0.4, -0.2) is 36.9 Å². The summed E-state index contributed by atoms with van der Waals surface area (Å²) in [6.07, 6.45) is 2.66. The lowest BCUT2D eigenvalue weighted by Crippen LogP contribution is -2.27. The second-order valence-corrected chi connectivity index (χ2v) is 6.49.